The highest BCUT2D eigenvalue weighted by molar-refractivity contribution is 7.92. The Bertz CT molecular complexity index is 1040. The second-order valence-corrected chi connectivity index (χ2v) is 7.76. The maximum Gasteiger partial charge on any atom is 0.265 e. The van der Waals surface area contributed by atoms with Crippen LogP contribution in [-0.4, -0.2) is 28.0 Å². The average molecular weight is 398 g/mol. The third-order valence-electron chi connectivity index (χ3n) is 3.75. The highest BCUT2D eigenvalue weighted by atomic mass is 35.5. The fourth-order valence-electron chi connectivity index (χ4n) is 2.46. The Labute approximate surface area is 155 Å². The smallest absolute Gasteiger partial charge is 0.265 e. The molecule has 10 heteroatoms. The van der Waals surface area contributed by atoms with Crippen LogP contribution in [0.4, 0.5) is 10.1 Å². The molecule has 0 amide bonds. The summed E-state index contributed by atoms with van der Waals surface area (Å²) in [6, 6.07) is 4.09. The molecule has 0 aliphatic rings. The minimum atomic E-state index is -3.77. The van der Waals surface area contributed by atoms with Crippen LogP contribution in [0.3, 0.4) is 0 Å². The van der Waals surface area contributed by atoms with E-state index in [2.05, 4.69) is 14.9 Å². The van der Waals surface area contributed by atoms with Gasteiger partial charge in [0.25, 0.3) is 10.0 Å². The summed E-state index contributed by atoms with van der Waals surface area (Å²) >= 11 is 6.00. The van der Waals surface area contributed by atoms with Crippen molar-refractivity contribution in [1.29, 1.82) is 0 Å². The Hall–Kier alpha value is -2.39. The lowest BCUT2D eigenvalue weighted by Gasteiger charge is -2.05. The van der Waals surface area contributed by atoms with Crippen molar-refractivity contribution in [2.45, 2.75) is 31.8 Å². The molecule has 3 aromatic rings. The normalized spacial score (nSPS) is 11.7. The van der Waals surface area contributed by atoms with Crippen molar-refractivity contribution in [2.75, 3.05) is 4.72 Å². The second kappa shape index (κ2) is 7.08. The maximum absolute atomic E-state index is 13.1. The SMILES string of the molecule is CCn1cc(S(=O)(=O)Nc2cnn(Cc3ccc(F)cc3Cl)c2)c(C)n1. The molecule has 0 saturated heterocycles. The first-order valence-electron chi connectivity index (χ1n) is 7.81. The largest absolute Gasteiger partial charge is 0.276 e. The topological polar surface area (TPSA) is 81.8 Å². The first-order chi connectivity index (χ1) is 12.3. The summed E-state index contributed by atoms with van der Waals surface area (Å²) in [7, 11) is -3.77. The van der Waals surface area contributed by atoms with Crippen molar-refractivity contribution in [1.82, 2.24) is 19.6 Å². The number of halogens is 2. The Morgan fingerprint density at radius 1 is 1.27 bits per heavy atom. The number of sulfonamides is 1. The summed E-state index contributed by atoms with van der Waals surface area (Å²) in [6.45, 7) is 4.38. The molecule has 0 saturated carbocycles. The van der Waals surface area contributed by atoms with Gasteiger partial charge in [0.05, 0.1) is 24.1 Å². The minimum absolute atomic E-state index is 0.119. The third kappa shape index (κ3) is 3.88. The van der Waals surface area contributed by atoms with Crippen molar-refractivity contribution in [3.8, 4) is 0 Å². The molecule has 2 heterocycles. The maximum atomic E-state index is 13.1. The Morgan fingerprint density at radius 2 is 2.04 bits per heavy atom. The van der Waals surface area contributed by atoms with Crippen LogP contribution in [0.5, 0.6) is 0 Å². The lowest BCUT2D eigenvalue weighted by atomic mass is 10.2. The number of benzene rings is 1. The summed E-state index contributed by atoms with van der Waals surface area (Å²) in [5.41, 5.74) is 1.40. The van der Waals surface area contributed by atoms with Gasteiger partial charge < -0.3 is 0 Å². The fraction of sp³-hybridized carbons (Fsp3) is 0.250. The van der Waals surface area contributed by atoms with Crippen LogP contribution in [0, 0.1) is 12.7 Å². The van der Waals surface area contributed by atoms with Gasteiger partial charge >= 0.3 is 0 Å². The van der Waals surface area contributed by atoms with E-state index in [0.717, 1.165) is 0 Å². The molecule has 0 radical (unpaired) electrons. The highest BCUT2D eigenvalue weighted by Crippen LogP contribution is 2.21. The van der Waals surface area contributed by atoms with E-state index in [0.29, 0.717) is 23.5 Å². The number of anilines is 1. The van der Waals surface area contributed by atoms with Crippen LogP contribution in [0.25, 0.3) is 0 Å². The molecule has 0 aliphatic carbocycles. The first-order valence-corrected chi connectivity index (χ1v) is 9.68. The molecule has 138 valence electrons. The molecule has 0 atom stereocenters. The number of rotatable bonds is 6. The molecule has 7 nitrogen and oxygen atoms in total. The number of aryl methyl sites for hydroxylation is 2. The number of aromatic nitrogens is 4. The molecule has 2 aromatic heterocycles. The monoisotopic (exact) mass is 397 g/mol. The van der Waals surface area contributed by atoms with E-state index in [-0.39, 0.29) is 16.5 Å². The van der Waals surface area contributed by atoms with Gasteiger partial charge in [-0.1, -0.05) is 17.7 Å². The predicted octanol–water partition coefficient (Wildman–Crippen LogP) is 3.05. The molecule has 0 unspecified atom stereocenters. The van der Waals surface area contributed by atoms with Crippen LogP contribution in [-0.2, 0) is 23.1 Å². The molecule has 1 aromatic carbocycles. The quantitative estimate of drug-likeness (QED) is 0.693. The summed E-state index contributed by atoms with van der Waals surface area (Å²) in [5.74, 6) is -0.421. The van der Waals surface area contributed by atoms with Gasteiger partial charge in [0.2, 0.25) is 0 Å². The van der Waals surface area contributed by atoms with Crippen LogP contribution in [0.15, 0.2) is 41.7 Å². The van der Waals surface area contributed by atoms with Crippen LogP contribution >= 0.6 is 11.6 Å². The molecule has 1 N–H and O–H groups in total. The lowest BCUT2D eigenvalue weighted by molar-refractivity contribution is 0.600. The summed E-state index contributed by atoms with van der Waals surface area (Å²) in [6.07, 6.45) is 4.42. The standard InChI is InChI=1S/C16H17ClFN5O2S/c1-3-22-10-16(11(2)20-22)26(24,25)21-14-7-19-23(9-14)8-12-4-5-13(18)6-15(12)17/h4-7,9-10,21H,3,8H2,1-2H3. The molecule has 0 fully saturated rings. The fourth-order valence-corrected chi connectivity index (χ4v) is 3.91. The number of hydrogen-bond acceptors (Lipinski definition) is 4. The lowest BCUT2D eigenvalue weighted by Crippen LogP contribution is -2.13. The summed E-state index contributed by atoms with van der Waals surface area (Å²) < 4.78 is 43.8. The third-order valence-corrected chi connectivity index (χ3v) is 5.58. The molecule has 0 bridgehead atoms. The second-order valence-electron chi connectivity index (χ2n) is 5.70. The van der Waals surface area contributed by atoms with Crippen LogP contribution in [0.2, 0.25) is 5.02 Å². The van der Waals surface area contributed by atoms with Gasteiger partial charge in [0.15, 0.2) is 0 Å². The Morgan fingerprint density at radius 3 is 2.69 bits per heavy atom. The van der Waals surface area contributed by atoms with E-state index in [1.54, 1.807) is 17.7 Å². The minimum Gasteiger partial charge on any atom is -0.276 e. The summed E-state index contributed by atoms with van der Waals surface area (Å²) in [5, 5.41) is 8.54. The zero-order chi connectivity index (χ0) is 18.9. The molecule has 0 spiro atoms. The van der Waals surface area contributed by atoms with Gasteiger partial charge in [0.1, 0.15) is 10.7 Å². The zero-order valence-corrected chi connectivity index (χ0v) is 15.7. The average Bonchev–Trinajstić information content (AvgIpc) is 3.16. The van der Waals surface area contributed by atoms with Gasteiger partial charge in [-0.2, -0.15) is 10.2 Å². The molecule has 0 aliphatic heterocycles. The Kier molecular flexibility index (Phi) is 5.01. The van der Waals surface area contributed by atoms with Crippen LogP contribution in [0.1, 0.15) is 18.2 Å². The summed E-state index contributed by atoms with van der Waals surface area (Å²) in [4.78, 5) is 0.119. The van der Waals surface area contributed by atoms with E-state index < -0.39 is 15.8 Å². The van der Waals surface area contributed by atoms with Crippen molar-refractivity contribution < 1.29 is 12.8 Å². The van der Waals surface area contributed by atoms with Gasteiger partial charge in [-0.15, -0.1) is 0 Å². The molecule has 3 rings (SSSR count). The number of hydrogen-bond donors (Lipinski definition) is 1. The van der Waals surface area contributed by atoms with Crippen molar-refractivity contribution >= 4 is 27.3 Å². The molecular formula is C16H17ClFN5O2S. The van der Waals surface area contributed by atoms with Gasteiger partial charge in [0, 0.05) is 24.0 Å². The van der Waals surface area contributed by atoms with Crippen molar-refractivity contribution in [2.24, 2.45) is 0 Å². The first kappa shape index (κ1) is 18.4. The van der Waals surface area contributed by atoms with Crippen molar-refractivity contribution in [3.63, 3.8) is 0 Å². The molecule has 26 heavy (non-hydrogen) atoms. The van der Waals surface area contributed by atoms with E-state index in [4.69, 9.17) is 11.6 Å². The van der Waals surface area contributed by atoms with Crippen LogP contribution < -0.4 is 4.72 Å². The van der Waals surface area contributed by atoms with Gasteiger partial charge in [-0.25, -0.2) is 12.8 Å². The number of nitrogens with one attached hydrogen (secondary N) is 1. The predicted molar refractivity (Wildman–Crippen MR) is 96.2 cm³/mol. The van der Waals surface area contributed by atoms with Crippen molar-refractivity contribution in [3.05, 3.63) is 58.9 Å². The van der Waals surface area contributed by atoms with E-state index in [1.165, 1.54) is 35.4 Å². The van der Waals surface area contributed by atoms with Gasteiger partial charge in [-0.3, -0.25) is 14.1 Å². The van der Waals surface area contributed by atoms with E-state index >= 15 is 0 Å². The number of nitrogens with zero attached hydrogens (tertiary/aromatic N) is 4. The highest BCUT2D eigenvalue weighted by Gasteiger charge is 2.21. The zero-order valence-electron chi connectivity index (χ0n) is 14.1. The van der Waals surface area contributed by atoms with Gasteiger partial charge in [-0.05, 0) is 31.5 Å². The molecular weight excluding hydrogens is 381 g/mol. The van der Waals surface area contributed by atoms with E-state index in [9.17, 15) is 12.8 Å². The Balaban J connectivity index is 1.78. The van der Waals surface area contributed by atoms with E-state index in [1.807, 2.05) is 6.92 Å².